The van der Waals surface area contributed by atoms with Gasteiger partial charge in [-0.2, -0.15) is 0 Å². The Hall–Kier alpha value is -4.48. The van der Waals surface area contributed by atoms with Crippen molar-refractivity contribution in [1.82, 2.24) is 29.5 Å². The van der Waals surface area contributed by atoms with Gasteiger partial charge >= 0.3 is 0 Å². The number of ether oxygens (including phenoxy) is 2. The van der Waals surface area contributed by atoms with E-state index in [9.17, 15) is 0 Å². The van der Waals surface area contributed by atoms with E-state index in [1.165, 1.54) is 32.0 Å². The largest absolute Gasteiger partial charge is 0.369 e. The summed E-state index contributed by atoms with van der Waals surface area (Å²) in [6.07, 6.45) is 0. The number of fused-ring (bicyclic) bond motifs is 6. The molecule has 0 radical (unpaired) electrons. The van der Waals surface area contributed by atoms with Gasteiger partial charge in [-0.25, -0.2) is 0 Å². The van der Waals surface area contributed by atoms with E-state index < -0.39 is 0 Å². The number of nitrogens with zero attached hydrogens (tertiary/aromatic N) is 6. The Kier molecular flexibility index (Phi) is 8.12. The molecule has 8 nitrogen and oxygen atoms in total. The topological polar surface area (TPSA) is 79.9 Å². The summed E-state index contributed by atoms with van der Waals surface area (Å²) in [5.74, 6) is 3.51. The van der Waals surface area contributed by atoms with Crippen molar-refractivity contribution in [1.29, 1.82) is 0 Å². The molecule has 0 atom stereocenters. The van der Waals surface area contributed by atoms with Gasteiger partial charge in [0.05, 0.1) is 13.2 Å². The average Bonchev–Trinajstić information content (AvgIpc) is 3.74. The Bertz CT molecular complexity index is 1940. The highest BCUT2D eigenvalue weighted by Gasteiger charge is 2.27. The SMILES string of the molecule is C=C(c1ccccc1)c1c(C)sc2c1COCc1nnc(C)n1-2.C=C(c1ccccc1)c1c(C)sc2c1COCc1nnc(C)n1-2. The summed E-state index contributed by atoms with van der Waals surface area (Å²) >= 11 is 3.51. The van der Waals surface area contributed by atoms with Gasteiger partial charge in [0.25, 0.3) is 0 Å². The average molecular weight is 647 g/mol. The molecule has 0 N–H and O–H groups in total. The minimum atomic E-state index is 0.485. The van der Waals surface area contributed by atoms with Crippen LogP contribution < -0.4 is 0 Å². The van der Waals surface area contributed by atoms with E-state index in [1.54, 1.807) is 22.7 Å². The highest BCUT2D eigenvalue weighted by atomic mass is 32.1. The molecule has 0 fully saturated rings. The summed E-state index contributed by atoms with van der Waals surface area (Å²) in [6.45, 7) is 19.0. The number of aromatic nitrogens is 6. The molecule has 232 valence electrons. The van der Waals surface area contributed by atoms with E-state index in [0.717, 1.165) is 55.6 Å². The molecule has 0 spiro atoms. The fourth-order valence-electron chi connectivity index (χ4n) is 6.16. The van der Waals surface area contributed by atoms with Crippen LogP contribution in [0.3, 0.4) is 0 Å². The zero-order valence-electron chi connectivity index (χ0n) is 26.3. The van der Waals surface area contributed by atoms with Crippen molar-refractivity contribution in [2.45, 2.75) is 54.1 Å². The van der Waals surface area contributed by atoms with Gasteiger partial charge < -0.3 is 9.47 Å². The second kappa shape index (κ2) is 12.4. The second-order valence-corrected chi connectivity index (χ2v) is 13.7. The van der Waals surface area contributed by atoms with Crippen LogP contribution in [0.5, 0.6) is 0 Å². The predicted octanol–water partition coefficient (Wildman–Crippen LogP) is 8.07. The van der Waals surface area contributed by atoms with E-state index in [2.05, 4.69) is 80.8 Å². The summed E-state index contributed by atoms with van der Waals surface area (Å²) in [5, 5.41) is 19.2. The standard InChI is InChI=1S/2C18H17N3OS/c2*1-11(14-7-5-4-6-8-14)17-12(2)23-18-15(17)9-22-10-16-20-19-13(3)21(16)18/h2*4-8H,1,9-10H2,2-3H3. The summed E-state index contributed by atoms with van der Waals surface area (Å²) in [6, 6.07) is 20.6. The van der Waals surface area contributed by atoms with E-state index in [-0.39, 0.29) is 0 Å². The van der Waals surface area contributed by atoms with Gasteiger partial charge in [0.15, 0.2) is 11.6 Å². The molecule has 4 aromatic heterocycles. The Balaban J connectivity index is 0.000000147. The van der Waals surface area contributed by atoms with Gasteiger partial charge in [-0.15, -0.1) is 43.1 Å². The number of aryl methyl sites for hydroxylation is 4. The van der Waals surface area contributed by atoms with Crippen molar-refractivity contribution in [3.63, 3.8) is 0 Å². The summed E-state index contributed by atoms with van der Waals surface area (Å²) in [4.78, 5) is 2.49. The highest BCUT2D eigenvalue weighted by Crippen LogP contribution is 2.41. The van der Waals surface area contributed by atoms with Gasteiger partial charge in [-0.05, 0) is 50.0 Å². The molecule has 0 amide bonds. The smallest absolute Gasteiger partial charge is 0.164 e. The molecule has 10 heteroatoms. The van der Waals surface area contributed by atoms with Crippen LogP contribution in [0.2, 0.25) is 0 Å². The molecule has 6 heterocycles. The molecule has 0 bridgehead atoms. The monoisotopic (exact) mass is 646 g/mol. The van der Waals surface area contributed by atoms with Crippen LogP contribution in [0.4, 0.5) is 0 Å². The first-order chi connectivity index (χ1) is 22.3. The molecule has 6 aromatic rings. The third-order valence-corrected chi connectivity index (χ3v) is 10.6. The van der Waals surface area contributed by atoms with Gasteiger partial charge in [-0.1, -0.05) is 73.8 Å². The Labute approximate surface area is 276 Å². The van der Waals surface area contributed by atoms with Crippen molar-refractivity contribution >= 4 is 33.8 Å². The van der Waals surface area contributed by atoms with Crippen LogP contribution in [-0.4, -0.2) is 29.5 Å². The number of benzene rings is 2. The van der Waals surface area contributed by atoms with Gasteiger partial charge in [0.2, 0.25) is 0 Å². The molecule has 2 aromatic carbocycles. The van der Waals surface area contributed by atoms with Gasteiger partial charge in [0, 0.05) is 32.0 Å². The first kappa shape index (κ1) is 30.2. The lowest BCUT2D eigenvalue weighted by Crippen LogP contribution is -2.00. The van der Waals surface area contributed by atoms with Gasteiger partial charge in [0.1, 0.15) is 34.9 Å². The van der Waals surface area contributed by atoms with Crippen molar-refractivity contribution < 1.29 is 9.47 Å². The molecule has 2 aliphatic rings. The van der Waals surface area contributed by atoms with Crippen LogP contribution in [0.25, 0.3) is 21.1 Å². The quantitative estimate of drug-likeness (QED) is 0.193. The number of hydrogen-bond acceptors (Lipinski definition) is 8. The number of thiophene rings is 2. The molecular formula is C36H34N6O2S2. The summed E-state index contributed by atoms with van der Waals surface area (Å²) in [7, 11) is 0. The van der Waals surface area contributed by atoms with Crippen LogP contribution >= 0.6 is 22.7 Å². The van der Waals surface area contributed by atoms with E-state index >= 15 is 0 Å². The van der Waals surface area contributed by atoms with Gasteiger partial charge in [-0.3, -0.25) is 9.13 Å². The lowest BCUT2D eigenvalue weighted by Gasteiger charge is -2.10. The minimum absolute atomic E-state index is 0.485. The Morgan fingerprint density at radius 2 is 0.978 bits per heavy atom. The second-order valence-electron chi connectivity index (χ2n) is 11.3. The zero-order chi connectivity index (χ0) is 31.9. The maximum atomic E-state index is 5.84. The Morgan fingerprint density at radius 1 is 0.587 bits per heavy atom. The van der Waals surface area contributed by atoms with Crippen molar-refractivity contribution in [3.8, 4) is 10.0 Å². The van der Waals surface area contributed by atoms with Crippen LogP contribution in [0.1, 0.15) is 66.4 Å². The third kappa shape index (κ3) is 5.27. The molecule has 0 unspecified atom stereocenters. The molecule has 46 heavy (non-hydrogen) atoms. The molecule has 0 saturated heterocycles. The maximum Gasteiger partial charge on any atom is 0.164 e. The van der Waals surface area contributed by atoms with E-state index in [0.29, 0.717) is 26.4 Å². The van der Waals surface area contributed by atoms with Crippen molar-refractivity contribution in [2.24, 2.45) is 0 Å². The molecular weight excluding hydrogens is 613 g/mol. The van der Waals surface area contributed by atoms with Crippen LogP contribution in [0.15, 0.2) is 73.8 Å². The number of rotatable bonds is 4. The molecule has 0 saturated carbocycles. The normalized spacial score (nSPS) is 13.3. The lowest BCUT2D eigenvalue weighted by molar-refractivity contribution is 0.105. The fraction of sp³-hybridized carbons (Fsp3) is 0.222. The van der Waals surface area contributed by atoms with Crippen LogP contribution in [-0.2, 0) is 35.9 Å². The van der Waals surface area contributed by atoms with Crippen molar-refractivity contribution in [2.75, 3.05) is 0 Å². The molecule has 8 rings (SSSR count). The van der Waals surface area contributed by atoms with E-state index in [4.69, 9.17) is 9.47 Å². The summed E-state index contributed by atoms with van der Waals surface area (Å²) in [5.41, 5.74) is 9.11. The summed E-state index contributed by atoms with van der Waals surface area (Å²) < 4.78 is 15.9. The minimum Gasteiger partial charge on any atom is -0.369 e. The molecule has 2 aliphatic heterocycles. The third-order valence-electron chi connectivity index (χ3n) is 8.32. The molecule has 0 aliphatic carbocycles. The predicted molar refractivity (Wildman–Crippen MR) is 184 cm³/mol. The first-order valence-corrected chi connectivity index (χ1v) is 16.7. The fourth-order valence-corrected chi connectivity index (χ4v) is 8.66. The zero-order valence-corrected chi connectivity index (χ0v) is 28.0. The van der Waals surface area contributed by atoms with E-state index in [1.807, 2.05) is 50.2 Å². The lowest BCUT2D eigenvalue weighted by atomic mass is 9.96. The maximum absolute atomic E-state index is 5.84. The first-order valence-electron chi connectivity index (χ1n) is 15.0. The van der Waals surface area contributed by atoms with Crippen molar-refractivity contribution in [3.05, 3.63) is 140 Å². The number of hydrogen-bond donors (Lipinski definition) is 0. The highest BCUT2D eigenvalue weighted by molar-refractivity contribution is 7.15. The Morgan fingerprint density at radius 3 is 1.37 bits per heavy atom. The van der Waals surface area contributed by atoms with Crippen LogP contribution in [0, 0.1) is 27.7 Å².